The van der Waals surface area contributed by atoms with Gasteiger partial charge in [-0.3, -0.25) is 4.90 Å². The van der Waals surface area contributed by atoms with Crippen molar-refractivity contribution in [2.24, 2.45) is 5.73 Å². The van der Waals surface area contributed by atoms with Crippen molar-refractivity contribution < 1.29 is 4.74 Å². The molecule has 0 unspecified atom stereocenters. The van der Waals surface area contributed by atoms with Gasteiger partial charge in [-0.15, -0.1) is 0 Å². The number of piperidine rings is 1. The number of rotatable bonds is 3. The molecule has 2 aromatic carbocycles. The van der Waals surface area contributed by atoms with Crippen LogP contribution in [0, 0.1) is 13.8 Å². The normalized spacial score (nSPS) is 25.9. The van der Waals surface area contributed by atoms with E-state index < -0.39 is 0 Å². The number of halogens is 1. The number of fused-ring (bicyclic) bond motifs is 1. The predicted molar refractivity (Wildman–Crippen MR) is 107 cm³/mol. The van der Waals surface area contributed by atoms with E-state index in [1.807, 2.05) is 6.07 Å². The van der Waals surface area contributed by atoms with Crippen LogP contribution in [-0.2, 0) is 6.42 Å². The van der Waals surface area contributed by atoms with Gasteiger partial charge >= 0.3 is 0 Å². The first kappa shape index (κ1) is 17.8. The highest BCUT2D eigenvalue weighted by Gasteiger charge is 2.40. The van der Waals surface area contributed by atoms with Gasteiger partial charge in [0.05, 0.1) is 6.04 Å². The molecule has 1 aliphatic carbocycles. The van der Waals surface area contributed by atoms with E-state index >= 15 is 0 Å². The quantitative estimate of drug-likeness (QED) is 0.868. The smallest absolute Gasteiger partial charge is 0.140 e. The second-order valence-corrected chi connectivity index (χ2v) is 8.25. The zero-order valence-electron chi connectivity index (χ0n) is 15.5. The standard InChI is InChI=1S/C22H27ClN2O/c1-14-5-3-7-18(9-14)26-22-20-11-16(23)10-15(2)19(20)12-21(22)25-8-4-6-17(24)13-25/h3,5,7,9-11,17,21-22H,4,6,8,12-13,24H2,1-2H3/t17-,21+,22+/m1/s1. The second kappa shape index (κ2) is 7.22. The van der Waals surface area contributed by atoms with Crippen molar-refractivity contribution in [1.29, 1.82) is 0 Å². The predicted octanol–water partition coefficient (Wildman–Crippen LogP) is 4.42. The number of hydrogen-bond donors (Lipinski definition) is 1. The van der Waals surface area contributed by atoms with Gasteiger partial charge in [-0.05, 0) is 86.2 Å². The fourth-order valence-electron chi connectivity index (χ4n) is 4.49. The number of nitrogens with zero attached hydrogens (tertiary/aromatic N) is 1. The summed E-state index contributed by atoms with van der Waals surface area (Å²) in [6.07, 6.45) is 3.27. The zero-order chi connectivity index (χ0) is 18.3. The molecular weight excluding hydrogens is 344 g/mol. The van der Waals surface area contributed by atoms with Crippen LogP contribution in [0.3, 0.4) is 0 Å². The highest BCUT2D eigenvalue weighted by atomic mass is 35.5. The van der Waals surface area contributed by atoms with Gasteiger partial charge in [-0.1, -0.05) is 23.7 Å². The fourth-order valence-corrected chi connectivity index (χ4v) is 4.78. The zero-order valence-corrected chi connectivity index (χ0v) is 16.3. The molecule has 3 atom stereocenters. The summed E-state index contributed by atoms with van der Waals surface area (Å²) in [6, 6.07) is 13.0. The number of ether oxygens (including phenoxy) is 1. The summed E-state index contributed by atoms with van der Waals surface area (Å²) in [6.45, 7) is 6.28. The van der Waals surface area contributed by atoms with Crippen LogP contribution in [0.2, 0.25) is 5.02 Å². The SMILES string of the molecule is Cc1cccc(O[C@H]2c3cc(Cl)cc(C)c3C[C@@H]2N2CCC[C@@H](N)C2)c1. The highest BCUT2D eigenvalue weighted by Crippen LogP contribution is 2.41. The number of likely N-dealkylation sites (tertiary alicyclic amines) is 1. The maximum atomic E-state index is 6.55. The van der Waals surface area contributed by atoms with E-state index in [2.05, 4.69) is 49.1 Å². The summed E-state index contributed by atoms with van der Waals surface area (Å²) in [5.41, 5.74) is 11.4. The van der Waals surface area contributed by atoms with Gasteiger partial charge < -0.3 is 10.5 Å². The first-order chi connectivity index (χ1) is 12.5. The van der Waals surface area contributed by atoms with Gasteiger partial charge in [0, 0.05) is 17.6 Å². The number of benzene rings is 2. The van der Waals surface area contributed by atoms with Crippen molar-refractivity contribution in [2.45, 2.75) is 51.3 Å². The molecule has 4 rings (SSSR count). The maximum absolute atomic E-state index is 6.55. The molecule has 2 N–H and O–H groups in total. The monoisotopic (exact) mass is 370 g/mol. The van der Waals surface area contributed by atoms with Gasteiger partial charge in [-0.25, -0.2) is 0 Å². The van der Waals surface area contributed by atoms with Gasteiger partial charge in [0.1, 0.15) is 11.9 Å². The van der Waals surface area contributed by atoms with Crippen LogP contribution in [0.25, 0.3) is 0 Å². The molecule has 1 saturated heterocycles. The number of hydrogen-bond acceptors (Lipinski definition) is 3. The third-order valence-electron chi connectivity index (χ3n) is 5.75. The Morgan fingerprint density at radius 2 is 2.04 bits per heavy atom. The summed E-state index contributed by atoms with van der Waals surface area (Å²) >= 11 is 6.39. The molecule has 0 aromatic heterocycles. The van der Waals surface area contributed by atoms with Crippen LogP contribution in [-0.4, -0.2) is 30.1 Å². The molecule has 138 valence electrons. The molecule has 4 heteroatoms. The van der Waals surface area contributed by atoms with E-state index in [0.717, 1.165) is 43.1 Å². The molecule has 0 radical (unpaired) electrons. The topological polar surface area (TPSA) is 38.5 Å². The van der Waals surface area contributed by atoms with Crippen molar-refractivity contribution >= 4 is 11.6 Å². The summed E-state index contributed by atoms with van der Waals surface area (Å²) in [5.74, 6) is 0.923. The largest absolute Gasteiger partial charge is 0.484 e. The van der Waals surface area contributed by atoms with Crippen LogP contribution in [0.4, 0.5) is 0 Å². The van der Waals surface area contributed by atoms with Gasteiger partial charge in [-0.2, -0.15) is 0 Å². The molecule has 0 bridgehead atoms. The minimum absolute atomic E-state index is 0.00509. The van der Waals surface area contributed by atoms with E-state index in [4.69, 9.17) is 22.1 Å². The fraction of sp³-hybridized carbons (Fsp3) is 0.455. The summed E-state index contributed by atoms with van der Waals surface area (Å²) in [7, 11) is 0. The minimum Gasteiger partial charge on any atom is -0.484 e. The molecule has 1 fully saturated rings. The Hall–Kier alpha value is -1.55. The lowest BCUT2D eigenvalue weighted by molar-refractivity contribution is 0.0593. The molecule has 0 amide bonds. The highest BCUT2D eigenvalue weighted by molar-refractivity contribution is 6.30. The molecule has 0 saturated carbocycles. The first-order valence-corrected chi connectivity index (χ1v) is 9.91. The average molecular weight is 371 g/mol. The van der Waals surface area contributed by atoms with Crippen molar-refractivity contribution in [1.82, 2.24) is 4.90 Å². The molecule has 2 aromatic rings. The Morgan fingerprint density at radius 3 is 2.81 bits per heavy atom. The van der Waals surface area contributed by atoms with E-state index in [-0.39, 0.29) is 12.1 Å². The molecular formula is C22H27ClN2O. The van der Waals surface area contributed by atoms with Crippen LogP contribution >= 0.6 is 11.6 Å². The van der Waals surface area contributed by atoms with E-state index in [9.17, 15) is 0 Å². The lowest BCUT2D eigenvalue weighted by Gasteiger charge is -2.38. The van der Waals surface area contributed by atoms with Gasteiger partial charge in [0.15, 0.2) is 0 Å². The molecule has 2 aliphatic rings. The molecule has 3 nitrogen and oxygen atoms in total. The van der Waals surface area contributed by atoms with Crippen molar-refractivity contribution in [3.05, 3.63) is 63.7 Å². The third-order valence-corrected chi connectivity index (χ3v) is 5.97. The Labute approximate surface area is 161 Å². The molecule has 26 heavy (non-hydrogen) atoms. The van der Waals surface area contributed by atoms with Crippen LogP contribution < -0.4 is 10.5 Å². The number of nitrogens with two attached hydrogens (primary N) is 1. The van der Waals surface area contributed by atoms with E-state index in [1.165, 1.54) is 22.3 Å². The van der Waals surface area contributed by atoms with Crippen LogP contribution in [0.15, 0.2) is 36.4 Å². The summed E-state index contributed by atoms with van der Waals surface area (Å²) in [5, 5.41) is 0.787. The lowest BCUT2D eigenvalue weighted by atomic mass is 10.0. The third kappa shape index (κ3) is 3.48. The first-order valence-electron chi connectivity index (χ1n) is 9.53. The van der Waals surface area contributed by atoms with Gasteiger partial charge in [0.25, 0.3) is 0 Å². The van der Waals surface area contributed by atoms with Crippen molar-refractivity contribution in [2.75, 3.05) is 13.1 Å². The Kier molecular flexibility index (Phi) is 4.96. The Morgan fingerprint density at radius 1 is 1.19 bits per heavy atom. The van der Waals surface area contributed by atoms with Crippen molar-refractivity contribution in [3.8, 4) is 5.75 Å². The molecule has 1 aliphatic heterocycles. The Balaban J connectivity index is 1.70. The van der Waals surface area contributed by atoms with Crippen LogP contribution in [0.1, 0.15) is 41.2 Å². The summed E-state index contributed by atoms with van der Waals surface area (Å²) in [4.78, 5) is 2.53. The molecule has 0 spiro atoms. The summed E-state index contributed by atoms with van der Waals surface area (Å²) < 4.78 is 6.55. The minimum atomic E-state index is -0.00509. The molecule has 1 heterocycles. The van der Waals surface area contributed by atoms with Crippen molar-refractivity contribution in [3.63, 3.8) is 0 Å². The average Bonchev–Trinajstić information content (AvgIpc) is 2.94. The van der Waals surface area contributed by atoms with Crippen LogP contribution in [0.5, 0.6) is 5.75 Å². The van der Waals surface area contributed by atoms with Gasteiger partial charge in [0.2, 0.25) is 0 Å². The lowest BCUT2D eigenvalue weighted by Crippen LogP contribution is -2.49. The maximum Gasteiger partial charge on any atom is 0.140 e. The Bertz CT molecular complexity index is 807. The van der Waals surface area contributed by atoms with E-state index in [0.29, 0.717) is 6.04 Å². The second-order valence-electron chi connectivity index (χ2n) is 7.81. The number of aryl methyl sites for hydroxylation is 2. The van der Waals surface area contributed by atoms with E-state index in [1.54, 1.807) is 0 Å².